The van der Waals surface area contributed by atoms with Crippen LogP contribution in [0.1, 0.15) is 29.5 Å². The van der Waals surface area contributed by atoms with E-state index in [4.69, 9.17) is 15.4 Å². The third-order valence-corrected chi connectivity index (χ3v) is 4.00. The van der Waals surface area contributed by atoms with Gasteiger partial charge in [-0.3, -0.25) is 9.89 Å². The molecule has 0 spiro atoms. The highest BCUT2D eigenvalue weighted by Crippen LogP contribution is 2.21. The number of carbonyl (C=O) groups excluding carboxylic acids is 1. The Balaban J connectivity index is 3.01. The number of aromatic nitrogens is 2. The van der Waals surface area contributed by atoms with E-state index >= 15 is 0 Å². The van der Waals surface area contributed by atoms with E-state index in [1.54, 1.807) is 0 Å². The van der Waals surface area contributed by atoms with Crippen molar-refractivity contribution in [1.29, 1.82) is 0 Å². The highest BCUT2D eigenvalue weighted by atomic mass is 35.7. The number of amides is 1. The van der Waals surface area contributed by atoms with Crippen LogP contribution in [0.25, 0.3) is 0 Å². The highest BCUT2D eigenvalue weighted by molar-refractivity contribution is 8.13. The molecule has 2 N–H and O–H groups in total. The van der Waals surface area contributed by atoms with Crippen LogP contribution in [-0.4, -0.2) is 44.3 Å². The second-order valence-electron chi connectivity index (χ2n) is 4.00. The Morgan fingerprint density at radius 1 is 1.58 bits per heavy atom. The van der Waals surface area contributed by atoms with Gasteiger partial charge in [-0.15, -0.1) is 0 Å². The van der Waals surface area contributed by atoms with E-state index in [2.05, 4.69) is 15.5 Å². The molecule has 0 fully saturated rings. The number of nitrogens with zero attached hydrogens (tertiary/aromatic N) is 1. The predicted octanol–water partition coefficient (Wildman–Crippen LogP) is 0.800. The van der Waals surface area contributed by atoms with E-state index in [0.29, 0.717) is 13.0 Å². The summed E-state index contributed by atoms with van der Waals surface area (Å²) in [5, 5.41) is 8.77. The maximum Gasteiger partial charge on any atom is 0.273 e. The van der Waals surface area contributed by atoms with Gasteiger partial charge in [-0.2, -0.15) is 5.10 Å². The molecule has 0 aliphatic rings. The molecule has 0 aromatic carbocycles. The number of rotatable bonds is 6. The van der Waals surface area contributed by atoms with Crippen LogP contribution >= 0.6 is 10.7 Å². The number of ether oxygens (including phenoxy) is 1. The van der Waals surface area contributed by atoms with Gasteiger partial charge < -0.3 is 10.1 Å². The lowest BCUT2D eigenvalue weighted by Gasteiger charge is -2.15. The first-order valence-electron chi connectivity index (χ1n) is 5.60. The summed E-state index contributed by atoms with van der Waals surface area (Å²) in [7, 11) is 2.78. The number of halogens is 1. The van der Waals surface area contributed by atoms with Crippen molar-refractivity contribution in [3.05, 3.63) is 11.4 Å². The average molecular weight is 310 g/mol. The normalized spacial score (nSPS) is 13.3. The molecule has 0 radical (unpaired) electrons. The predicted molar refractivity (Wildman–Crippen MR) is 69.8 cm³/mol. The Morgan fingerprint density at radius 2 is 2.21 bits per heavy atom. The smallest absolute Gasteiger partial charge is 0.273 e. The Morgan fingerprint density at radius 3 is 2.68 bits per heavy atom. The van der Waals surface area contributed by atoms with Crippen molar-refractivity contribution in [1.82, 2.24) is 15.5 Å². The van der Waals surface area contributed by atoms with Gasteiger partial charge in [-0.1, -0.05) is 6.92 Å². The molecule has 7 nitrogen and oxygen atoms in total. The van der Waals surface area contributed by atoms with Gasteiger partial charge >= 0.3 is 0 Å². The third-order valence-electron chi connectivity index (χ3n) is 2.55. The first-order chi connectivity index (χ1) is 8.81. The highest BCUT2D eigenvalue weighted by Gasteiger charge is 2.27. The summed E-state index contributed by atoms with van der Waals surface area (Å²) < 4.78 is 27.8. The summed E-state index contributed by atoms with van der Waals surface area (Å²) in [6.45, 7) is 3.68. The Kier molecular flexibility index (Phi) is 5.33. The zero-order valence-electron chi connectivity index (χ0n) is 10.9. The number of H-pyrrole nitrogens is 1. The Bertz CT molecular complexity index is 555. The average Bonchev–Trinajstić information content (AvgIpc) is 2.70. The van der Waals surface area contributed by atoms with Gasteiger partial charge in [-0.25, -0.2) is 8.42 Å². The summed E-state index contributed by atoms with van der Waals surface area (Å²) in [6, 6.07) is -0.222. The van der Waals surface area contributed by atoms with Gasteiger partial charge in [0.1, 0.15) is 4.90 Å². The maximum atomic E-state index is 12.0. The summed E-state index contributed by atoms with van der Waals surface area (Å²) in [4.78, 5) is 11.7. The molecule has 0 saturated carbocycles. The fourth-order valence-corrected chi connectivity index (χ4v) is 2.93. The molecule has 19 heavy (non-hydrogen) atoms. The molecule has 1 amide bonds. The van der Waals surface area contributed by atoms with E-state index in [0.717, 1.165) is 0 Å². The molecule has 1 rings (SSSR count). The van der Waals surface area contributed by atoms with Crippen LogP contribution in [0.3, 0.4) is 0 Å². The Labute approximate surface area is 116 Å². The third kappa shape index (κ3) is 3.92. The molecule has 0 saturated heterocycles. The van der Waals surface area contributed by atoms with Gasteiger partial charge in [0.2, 0.25) is 0 Å². The summed E-state index contributed by atoms with van der Waals surface area (Å²) in [6.07, 6.45) is 0.645. The molecule has 0 aliphatic heterocycles. The van der Waals surface area contributed by atoms with Crippen LogP contribution < -0.4 is 5.32 Å². The lowest BCUT2D eigenvalue weighted by Crippen LogP contribution is -2.38. The number of nitrogens with one attached hydrogen (secondary N) is 2. The molecule has 1 aromatic rings. The molecule has 108 valence electrons. The minimum absolute atomic E-state index is 0.222. The second-order valence-corrected chi connectivity index (χ2v) is 6.50. The van der Waals surface area contributed by atoms with Crippen LogP contribution in [0, 0.1) is 6.92 Å². The molecule has 1 unspecified atom stereocenters. The Hall–Kier alpha value is -1.12. The number of methoxy groups -OCH3 is 1. The summed E-state index contributed by atoms with van der Waals surface area (Å²) in [5.41, 5.74) is -0.0120. The number of aromatic amines is 1. The number of hydrogen-bond acceptors (Lipinski definition) is 5. The number of aryl methyl sites for hydroxylation is 1. The molecule has 1 aromatic heterocycles. The minimum Gasteiger partial charge on any atom is -0.383 e. The van der Waals surface area contributed by atoms with Crippen molar-refractivity contribution in [3.63, 3.8) is 0 Å². The zero-order chi connectivity index (χ0) is 14.6. The van der Waals surface area contributed by atoms with Crippen molar-refractivity contribution in [3.8, 4) is 0 Å². The molecular formula is C10H16ClN3O4S. The summed E-state index contributed by atoms with van der Waals surface area (Å²) in [5.74, 6) is -0.604. The van der Waals surface area contributed by atoms with Crippen molar-refractivity contribution >= 4 is 25.6 Å². The first-order valence-corrected chi connectivity index (χ1v) is 7.91. The lowest BCUT2D eigenvalue weighted by atomic mass is 10.2. The standard InChI is InChI=1S/C10H16ClN3O4S/c1-4-7(5-18-3)12-10(15)8-9(19(11,16)17)6(2)13-14-8/h7H,4-5H2,1-3H3,(H,12,15)(H,13,14). The molecule has 0 bridgehead atoms. The van der Waals surface area contributed by atoms with Crippen molar-refractivity contribution in [2.75, 3.05) is 13.7 Å². The van der Waals surface area contributed by atoms with Gasteiger partial charge in [0.25, 0.3) is 15.0 Å². The quantitative estimate of drug-likeness (QED) is 0.757. The largest absolute Gasteiger partial charge is 0.383 e. The van der Waals surface area contributed by atoms with E-state index < -0.39 is 15.0 Å². The van der Waals surface area contributed by atoms with E-state index in [9.17, 15) is 13.2 Å². The van der Waals surface area contributed by atoms with Crippen molar-refractivity contribution in [2.24, 2.45) is 0 Å². The van der Waals surface area contributed by atoms with E-state index in [1.807, 2.05) is 6.92 Å². The fourth-order valence-electron chi connectivity index (χ4n) is 1.59. The van der Waals surface area contributed by atoms with E-state index in [-0.39, 0.29) is 22.3 Å². The van der Waals surface area contributed by atoms with Crippen molar-refractivity contribution in [2.45, 2.75) is 31.2 Å². The molecule has 1 heterocycles. The minimum atomic E-state index is -4.03. The maximum absolute atomic E-state index is 12.0. The van der Waals surface area contributed by atoms with Gasteiger partial charge in [0, 0.05) is 17.8 Å². The van der Waals surface area contributed by atoms with Crippen LogP contribution in [0.15, 0.2) is 4.90 Å². The second kappa shape index (κ2) is 6.36. The summed E-state index contributed by atoms with van der Waals surface area (Å²) >= 11 is 0. The van der Waals surface area contributed by atoms with Crippen LogP contribution in [0.5, 0.6) is 0 Å². The monoisotopic (exact) mass is 309 g/mol. The first kappa shape index (κ1) is 15.9. The topological polar surface area (TPSA) is 101 Å². The molecule has 9 heteroatoms. The van der Waals surface area contributed by atoms with Crippen LogP contribution in [0.4, 0.5) is 0 Å². The zero-order valence-corrected chi connectivity index (χ0v) is 12.4. The van der Waals surface area contributed by atoms with Crippen molar-refractivity contribution < 1.29 is 17.9 Å². The van der Waals surface area contributed by atoms with Gasteiger partial charge in [0.15, 0.2) is 5.69 Å². The molecular weight excluding hydrogens is 294 g/mol. The van der Waals surface area contributed by atoms with Crippen LogP contribution in [-0.2, 0) is 13.8 Å². The molecule has 0 aliphatic carbocycles. The van der Waals surface area contributed by atoms with E-state index in [1.165, 1.54) is 14.0 Å². The number of carbonyl (C=O) groups is 1. The van der Waals surface area contributed by atoms with Gasteiger partial charge in [-0.05, 0) is 13.3 Å². The van der Waals surface area contributed by atoms with Gasteiger partial charge in [0.05, 0.1) is 18.3 Å². The lowest BCUT2D eigenvalue weighted by molar-refractivity contribution is 0.0886. The fraction of sp³-hybridized carbons (Fsp3) is 0.600. The SMILES string of the molecule is CCC(COC)NC(=O)c1n[nH]c(C)c1S(=O)(=O)Cl. The number of hydrogen-bond donors (Lipinski definition) is 2. The van der Waals surface area contributed by atoms with Crippen LogP contribution in [0.2, 0.25) is 0 Å². The molecule has 1 atom stereocenters.